The summed E-state index contributed by atoms with van der Waals surface area (Å²) < 4.78 is 15.3. The van der Waals surface area contributed by atoms with Crippen LogP contribution in [0.5, 0.6) is 0 Å². The van der Waals surface area contributed by atoms with Gasteiger partial charge in [-0.1, -0.05) is 20.4 Å². The third kappa shape index (κ3) is 8.37. The van der Waals surface area contributed by atoms with Crippen LogP contribution in [0.15, 0.2) is 12.2 Å². The molecule has 0 aromatic rings. The highest BCUT2D eigenvalue weighted by Crippen LogP contribution is 2.03. The molecule has 0 fully saturated rings. The summed E-state index contributed by atoms with van der Waals surface area (Å²) in [5.74, 6) is -0.736. The molecule has 0 N–H and O–H groups in total. The van der Waals surface area contributed by atoms with E-state index in [4.69, 9.17) is 14.2 Å². The number of carbonyl (C=O) groups excluding carboxylic acids is 2. The smallest absolute Gasteiger partial charge is 0.333 e. The maximum atomic E-state index is 11.4. The number of ether oxygens (including phenoxy) is 3. The third-order valence-electron chi connectivity index (χ3n) is 2.54. The zero-order valence-electron chi connectivity index (χ0n) is 12.2. The van der Waals surface area contributed by atoms with Crippen molar-refractivity contribution in [2.45, 2.75) is 40.2 Å². The monoisotopic (exact) mass is 272 g/mol. The van der Waals surface area contributed by atoms with E-state index in [-0.39, 0.29) is 37.8 Å². The van der Waals surface area contributed by atoms with Gasteiger partial charge in [-0.05, 0) is 20.3 Å². The average molecular weight is 272 g/mol. The lowest BCUT2D eigenvalue weighted by Gasteiger charge is -2.14. The van der Waals surface area contributed by atoms with Gasteiger partial charge in [0.25, 0.3) is 0 Å². The van der Waals surface area contributed by atoms with E-state index < -0.39 is 5.97 Å². The summed E-state index contributed by atoms with van der Waals surface area (Å²) in [5.41, 5.74) is 0.356. The Kier molecular flexibility index (Phi) is 8.87. The van der Waals surface area contributed by atoms with Crippen molar-refractivity contribution in [1.82, 2.24) is 0 Å². The summed E-state index contributed by atoms with van der Waals surface area (Å²) in [4.78, 5) is 22.5. The Balaban J connectivity index is 3.64. The molecule has 0 saturated heterocycles. The molecule has 0 aliphatic heterocycles. The minimum absolute atomic E-state index is 0.0889. The lowest BCUT2D eigenvalue weighted by molar-refractivity contribution is -0.151. The summed E-state index contributed by atoms with van der Waals surface area (Å²) in [5, 5.41) is 0. The molecule has 2 atom stereocenters. The Morgan fingerprint density at radius 2 is 1.79 bits per heavy atom. The van der Waals surface area contributed by atoms with Gasteiger partial charge in [0, 0.05) is 5.57 Å². The van der Waals surface area contributed by atoms with Crippen molar-refractivity contribution in [2.75, 3.05) is 19.8 Å². The van der Waals surface area contributed by atoms with Gasteiger partial charge in [-0.2, -0.15) is 0 Å². The molecule has 0 aromatic carbocycles. The minimum Gasteiger partial charge on any atom is -0.463 e. The van der Waals surface area contributed by atoms with Crippen molar-refractivity contribution in [3.8, 4) is 0 Å². The molecule has 0 spiro atoms. The molecule has 19 heavy (non-hydrogen) atoms. The standard InChI is InChI=1S/C14H24O5/c1-6-11(4)14(16)18-8-7-17-12(5)9-19-13(15)10(2)3/h11-12H,2,6-9H2,1,3-5H3. The highest BCUT2D eigenvalue weighted by molar-refractivity contribution is 5.86. The van der Waals surface area contributed by atoms with E-state index >= 15 is 0 Å². The number of esters is 2. The highest BCUT2D eigenvalue weighted by Gasteiger charge is 2.12. The van der Waals surface area contributed by atoms with Gasteiger partial charge in [-0.15, -0.1) is 0 Å². The topological polar surface area (TPSA) is 61.8 Å². The van der Waals surface area contributed by atoms with E-state index in [1.165, 1.54) is 0 Å². The van der Waals surface area contributed by atoms with Gasteiger partial charge >= 0.3 is 11.9 Å². The number of hydrogen-bond donors (Lipinski definition) is 0. The molecule has 0 amide bonds. The van der Waals surface area contributed by atoms with Crippen molar-refractivity contribution >= 4 is 11.9 Å². The molecule has 0 heterocycles. The molecule has 0 aromatic heterocycles. The van der Waals surface area contributed by atoms with Gasteiger partial charge in [-0.3, -0.25) is 4.79 Å². The van der Waals surface area contributed by atoms with E-state index in [2.05, 4.69) is 6.58 Å². The molecule has 110 valence electrons. The van der Waals surface area contributed by atoms with E-state index in [9.17, 15) is 9.59 Å². The zero-order chi connectivity index (χ0) is 14.8. The van der Waals surface area contributed by atoms with Crippen LogP contribution < -0.4 is 0 Å². The molecule has 5 nitrogen and oxygen atoms in total. The second kappa shape index (κ2) is 9.55. The van der Waals surface area contributed by atoms with Crippen LogP contribution in [0.1, 0.15) is 34.1 Å². The highest BCUT2D eigenvalue weighted by atomic mass is 16.6. The lowest BCUT2D eigenvalue weighted by atomic mass is 10.1. The Hall–Kier alpha value is -1.36. The van der Waals surface area contributed by atoms with Gasteiger partial charge in [0.05, 0.1) is 18.6 Å². The van der Waals surface area contributed by atoms with Crippen LogP contribution in [-0.4, -0.2) is 37.9 Å². The van der Waals surface area contributed by atoms with Crippen molar-refractivity contribution in [3.05, 3.63) is 12.2 Å². The number of rotatable bonds is 9. The summed E-state index contributed by atoms with van der Waals surface area (Å²) in [6.07, 6.45) is 0.512. The summed E-state index contributed by atoms with van der Waals surface area (Å²) >= 11 is 0. The van der Waals surface area contributed by atoms with Crippen LogP contribution in [0, 0.1) is 5.92 Å². The van der Waals surface area contributed by atoms with Crippen molar-refractivity contribution in [1.29, 1.82) is 0 Å². The molecular weight excluding hydrogens is 248 g/mol. The van der Waals surface area contributed by atoms with E-state index in [1.54, 1.807) is 13.8 Å². The van der Waals surface area contributed by atoms with Crippen LogP contribution in [0.3, 0.4) is 0 Å². The first-order valence-electron chi connectivity index (χ1n) is 6.49. The van der Waals surface area contributed by atoms with E-state index in [1.807, 2.05) is 13.8 Å². The first-order valence-corrected chi connectivity index (χ1v) is 6.49. The van der Waals surface area contributed by atoms with Gasteiger partial charge in [0.1, 0.15) is 13.2 Å². The van der Waals surface area contributed by atoms with Gasteiger partial charge in [-0.25, -0.2) is 4.79 Å². The van der Waals surface area contributed by atoms with Crippen molar-refractivity contribution in [3.63, 3.8) is 0 Å². The maximum Gasteiger partial charge on any atom is 0.333 e. The van der Waals surface area contributed by atoms with Gasteiger partial charge < -0.3 is 14.2 Å². The molecule has 0 radical (unpaired) electrons. The molecule has 0 aliphatic rings. The van der Waals surface area contributed by atoms with Crippen LogP contribution in [0.2, 0.25) is 0 Å². The molecule has 0 rings (SSSR count). The molecular formula is C14H24O5. The first kappa shape index (κ1) is 17.6. The van der Waals surface area contributed by atoms with Gasteiger partial charge in [0.15, 0.2) is 0 Å². The van der Waals surface area contributed by atoms with Crippen molar-refractivity contribution in [2.24, 2.45) is 5.92 Å². The zero-order valence-corrected chi connectivity index (χ0v) is 12.2. The predicted octanol–water partition coefficient (Wildman–Crippen LogP) is 2.10. The molecule has 0 bridgehead atoms. The quantitative estimate of drug-likeness (QED) is 0.365. The fourth-order valence-corrected chi connectivity index (χ4v) is 1.06. The van der Waals surface area contributed by atoms with Crippen LogP contribution >= 0.6 is 0 Å². The third-order valence-corrected chi connectivity index (χ3v) is 2.54. The first-order chi connectivity index (χ1) is 8.88. The summed E-state index contributed by atoms with van der Waals surface area (Å²) in [7, 11) is 0. The van der Waals surface area contributed by atoms with E-state index in [0.29, 0.717) is 5.57 Å². The fourth-order valence-electron chi connectivity index (χ4n) is 1.06. The minimum atomic E-state index is -0.432. The molecule has 0 saturated carbocycles. The largest absolute Gasteiger partial charge is 0.463 e. The molecule has 2 unspecified atom stereocenters. The summed E-state index contributed by atoms with van der Waals surface area (Å²) in [6, 6.07) is 0. The molecule has 5 heteroatoms. The number of hydrogen-bond acceptors (Lipinski definition) is 5. The SMILES string of the molecule is C=C(C)C(=O)OCC(C)OCCOC(=O)C(C)CC. The molecule has 0 aliphatic carbocycles. The van der Waals surface area contributed by atoms with Crippen LogP contribution in [-0.2, 0) is 23.8 Å². The Bertz CT molecular complexity index is 311. The van der Waals surface area contributed by atoms with Crippen molar-refractivity contribution < 1.29 is 23.8 Å². The number of carbonyl (C=O) groups is 2. The predicted molar refractivity (Wildman–Crippen MR) is 71.6 cm³/mol. The Labute approximate surface area is 114 Å². The lowest BCUT2D eigenvalue weighted by Crippen LogP contribution is -2.23. The average Bonchev–Trinajstić information content (AvgIpc) is 2.39. The maximum absolute atomic E-state index is 11.4. The Morgan fingerprint density at radius 3 is 2.32 bits per heavy atom. The second-order valence-corrected chi connectivity index (χ2v) is 4.54. The van der Waals surface area contributed by atoms with Crippen LogP contribution in [0.25, 0.3) is 0 Å². The van der Waals surface area contributed by atoms with E-state index in [0.717, 1.165) is 6.42 Å². The summed E-state index contributed by atoms with van der Waals surface area (Å²) in [6.45, 7) is 11.3. The normalized spacial score (nSPS) is 13.5. The fraction of sp³-hybridized carbons (Fsp3) is 0.714. The van der Waals surface area contributed by atoms with Gasteiger partial charge in [0.2, 0.25) is 0 Å². The second-order valence-electron chi connectivity index (χ2n) is 4.54. The Morgan fingerprint density at radius 1 is 1.16 bits per heavy atom. The van der Waals surface area contributed by atoms with Crippen LogP contribution in [0.4, 0.5) is 0 Å².